The molecule has 0 saturated heterocycles. The lowest BCUT2D eigenvalue weighted by molar-refractivity contribution is -0.120. The Morgan fingerprint density at radius 2 is 2.22 bits per heavy atom. The van der Waals surface area contributed by atoms with Gasteiger partial charge in [-0.1, -0.05) is 32.1 Å². The highest BCUT2D eigenvalue weighted by atomic mass is 32.1. The predicted molar refractivity (Wildman–Crippen MR) is 74.4 cm³/mol. The fourth-order valence-corrected chi connectivity index (χ4v) is 3.09. The topological polar surface area (TPSA) is 68.0 Å². The van der Waals surface area contributed by atoms with Crippen molar-refractivity contribution in [3.63, 3.8) is 0 Å². The van der Waals surface area contributed by atoms with Crippen LogP contribution in [0.25, 0.3) is 0 Å². The van der Waals surface area contributed by atoms with Crippen LogP contribution < -0.4 is 11.1 Å². The molecule has 0 aromatic carbocycles. The first-order valence-electron chi connectivity index (χ1n) is 6.70. The zero-order chi connectivity index (χ0) is 12.8. The average molecular weight is 267 g/mol. The monoisotopic (exact) mass is 267 g/mol. The van der Waals surface area contributed by atoms with Crippen molar-refractivity contribution in [2.24, 2.45) is 5.92 Å². The Kier molecular flexibility index (Phi) is 4.99. The molecule has 1 heterocycles. The minimum atomic E-state index is 0.0520. The molecule has 0 spiro atoms. The van der Waals surface area contributed by atoms with Crippen LogP contribution in [0.2, 0.25) is 0 Å². The van der Waals surface area contributed by atoms with Crippen LogP contribution in [0.4, 0.5) is 5.13 Å². The molecule has 1 aromatic heterocycles. The lowest BCUT2D eigenvalue weighted by Crippen LogP contribution is -2.27. The van der Waals surface area contributed by atoms with Crippen LogP contribution in [0, 0.1) is 5.92 Å². The Labute approximate surface area is 112 Å². The number of rotatable bonds is 5. The second-order valence-electron chi connectivity index (χ2n) is 5.00. The Hall–Kier alpha value is -1.10. The van der Waals surface area contributed by atoms with Gasteiger partial charge in [-0.25, -0.2) is 4.98 Å². The van der Waals surface area contributed by atoms with Crippen LogP contribution in [-0.4, -0.2) is 17.4 Å². The van der Waals surface area contributed by atoms with E-state index in [-0.39, 0.29) is 5.91 Å². The number of nitrogens with zero attached hydrogens (tertiary/aromatic N) is 1. The quantitative estimate of drug-likeness (QED) is 0.860. The second-order valence-corrected chi connectivity index (χ2v) is 5.89. The van der Waals surface area contributed by atoms with Gasteiger partial charge >= 0.3 is 0 Å². The van der Waals surface area contributed by atoms with Gasteiger partial charge in [0.1, 0.15) is 0 Å². The van der Waals surface area contributed by atoms with Crippen molar-refractivity contribution in [2.45, 2.75) is 44.9 Å². The molecule has 0 bridgehead atoms. The number of amides is 1. The molecule has 2 rings (SSSR count). The van der Waals surface area contributed by atoms with Gasteiger partial charge in [-0.15, -0.1) is 11.3 Å². The largest absolute Gasteiger partial charge is 0.375 e. The average Bonchev–Trinajstić information content (AvgIpc) is 2.76. The van der Waals surface area contributed by atoms with Gasteiger partial charge in [-0.05, 0) is 12.3 Å². The third-order valence-corrected chi connectivity index (χ3v) is 4.23. The fourth-order valence-electron chi connectivity index (χ4n) is 2.52. The van der Waals surface area contributed by atoms with E-state index in [1.54, 1.807) is 0 Å². The van der Waals surface area contributed by atoms with Crippen LogP contribution in [0.15, 0.2) is 5.38 Å². The molecule has 1 aliphatic carbocycles. The SMILES string of the molecule is Nc1nc(CC(=O)NCCC2CCCCC2)cs1. The number of carbonyl (C=O) groups excluding carboxylic acids is 1. The third-order valence-electron chi connectivity index (χ3n) is 3.51. The Morgan fingerprint density at radius 1 is 1.44 bits per heavy atom. The highest BCUT2D eigenvalue weighted by molar-refractivity contribution is 7.13. The molecule has 0 atom stereocenters. The molecule has 1 saturated carbocycles. The van der Waals surface area contributed by atoms with Gasteiger partial charge in [0.05, 0.1) is 12.1 Å². The number of aromatic nitrogens is 1. The van der Waals surface area contributed by atoms with E-state index in [1.807, 2.05) is 5.38 Å². The van der Waals surface area contributed by atoms with Crippen LogP contribution in [0.1, 0.15) is 44.2 Å². The number of thiazole rings is 1. The summed E-state index contributed by atoms with van der Waals surface area (Å²) < 4.78 is 0. The molecule has 4 nitrogen and oxygen atoms in total. The third kappa shape index (κ3) is 4.29. The van der Waals surface area contributed by atoms with Gasteiger partial charge in [-0.3, -0.25) is 4.79 Å². The van der Waals surface area contributed by atoms with Crippen molar-refractivity contribution in [2.75, 3.05) is 12.3 Å². The number of carbonyl (C=O) groups is 1. The number of nitrogens with two attached hydrogens (primary N) is 1. The van der Waals surface area contributed by atoms with Crippen LogP contribution in [0.5, 0.6) is 0 Å². The lowest BCUT2D eigenvalue weighted by atomic mass is 9.87. The summed E-state index contributed by atoms with van der Waals surface area (Å²) in [6.45, 7) is 0.795. The highest BCUT2D eigenvalue weighted by Gasteiger charge is 2.13. The van der Waals surface area contributed by atoms with Crippen LogP contribution >= 0.6 is 11.3 Å². The summed E-state index contributed by atoms with van der Waals surface area (Å²) in [6, 6.07) is 0. The molecule has 1 fully saturated rings. The summed E-state index contributed by atoms with van der Waals surface area (Å²) in [7, 11) is 0. The van der Waals surface area contributed by atoms with E-state index < -0.39 is 0 Å². The van der Waals surface area contributed by atoms with Crippen LogP contribution in [-0.2, 0) is 11.2 Å². The van der Waals surface area contributed by atoms with Crippen molar-refractivity contribution >= 4 is 22.4 Å². The number of nitrogen functional groups attached to an aromatic ring is 1. The van der Waals surface area contributed by atoms with E-state index in [9.17, 15) is 4.79 Å². The molecule has 0 radical (unpaired) electrons. The van der Waals surface area contributed by atoms with Crippen molar-refractivity contribution in [3.05, 3.63) is 11.1 Å². The molecular formula is C13H21N3OS. The van der Waals surface area contributed by atoms with Gasteiger partial charge in [0.15, 0.2) is 5.13 Å². The van der Waals surface area contributed by atoms with Crippen LogP contribution in [0.3, 0.4) is 0 Å². The molecule has 100 valence electrons. The molecule has 1 aromatic rings. The standard InChI is InChI=1S/C13H21N3OS/c14-13-16-11(9-18-13)8-12(17)15-7-6-10-4-2-1-3-5-10/h9-10H,1-8H2,(H2,14,16)(H,15,17). The molecular weight excluding hydrogens is 246 g/mol. The summed E-state index contributed by atoms with van der Waals surface area (Å²) in [5, 5.41) is 5.34. The summed E-state index contributed by atoms with van der Waals surface area (Å²) in [5.74, 6) is 0.866. The lowest BCUT2D eigenvalue weighted by Gasteiger charge is -2.21. The molecule has 18 heavy (non-hydrogen) atoms. The highest BCUT2D eigenvalue weighted by Crippen LogP contribution is 2.25. The Balaban J connectivity index is 1.62. The zero-order valence-corrected chi connectivity index (χ0v) is 11.5. The number of hydrogen-bond donors (Lipinski definition) is 2. The van der Waals surface area contributed by atoms with Crippen molar-refractivity contribution in [1.82, 2.24) is 10.3 Å². The second kappa shape index (κ2) is 6.73. The van der Waals surface area contributed by atoms with Crippen molar-refractivity contribution < 1.29 is 4.79 Å². The molecule has 1 amide bonds. The maximum absolute atomic E-state index is 11.7. The van der Waals surface area contributed by atoms with E-state index in [0.29, 0.717) is 11.6 Å². The van der Waals surface area contributed by atoms with Gasteiger partial charge in [-0.2, -0.15) is 0 Å². The molecule has 0 aliphatic heterocycles. The maximum atomic E-state index is 11.7. The zero-order valence-electron chi connectivity index (χ0n) is 10.7. The van der Waals surface area contributed by atoms with Gasteiger partial charge in [0.2, 0.25) is 5.91 Å². The van der Waals surface area contributed by atoms with E-state index in [1.165, 1.54) is 43.4 Å². The molecule has 3 N–H and O–H groups in total. The van der Waals surface area contributed by atoms with Gasteiger partial charge in [0, 0.05) is 11.9 Å². The predicted octanol–water partition coefficient (Wildman–Crippen LogP) is 2.35. The first kappa shape index (κ1) is 13.3. The minimum Gasteiger partial charge on any atom is -0.375 e. The van der Waals surface area contributed by atoms with Crippen molar-refractivity contribution in [1.29, 1.82) is 0 Å². The van der Waals surface area contributed by atoms with E-state index in [2.05, 4.69) is 10.3 Å². The van der Waals surface area contributed by atoms with E-state index in [4.69, 9.17) is 5.73 Å². The normalized spacial score (nSPS) is 16.7. The van der Waals surface area contributed by atoms with Gasteiger partial charge < -0.3 is 11.1 Å². The number of nitrogens with one attached hydrogen (secondary N) is 1. The number of anilines is 1. The summed E-state index contributed by atoms with van der Waals surface area (Å²) >= 11 is 1.38. The summed E-state index contributed by atoms with van der Waals surface area (Å²) in [5.41, 5.74) is 6.30. The minimum absolute atomic E-state index is 0.0520. The molecule has 0 unspecified atom stereocenters. The first-order chi connectivity index (χ1) is 8.74. The fraction of sp³-hybridized carbons (Fsp3) is 0.692. The maximum Gasteiger partial charge on any atom is 0.226 e. The summed E-state index contributed by atoms with van der Waals surface area (Å²) in [6.07, 6.45) is 8.22. The van der Waals surface area contributed by atoms with E-state index in [0.717, 1.165) is 24.6 Å². The summed E-state index contributed by atoms with van der Waals surface area (Å²) in [4.78, 5) is 15.8. The molecule has 5 heteroatoms. The van der Waals surface area contributed by atoms with Crippen molar-refractivity contribution in [3.8, 4) is 0 Å². The number of hydrogen-bond acceptors (Lipinski definition) is 4. The smallest absolute Gasteiger partial charge is 0.226 e. The van der Waals surface area contributed by atoms with E-state index >= 15 is 0 Å². The van der Waals surface area contributed by atoms with Gasteiger partial charge in [0.25, 0.3) is 0 Å². The Morgan fingerprint density at radius 3 is 2.89 bits per heavy atom. The Bertz CT molecular complexity index is 385. The first-order valence-corrected chi connectivity index (χ1v) is 7.58. The molecule has 1 aliphatic rings.